The van der Waals surface area contributed by atoms with Crippen molar-refractivity contribution in [1.82, 2.24) is 5.32 Å². The quantitative estimate of drug-likeness (QED) is 0.197. The number of ether oxygens (including phenoxy) is 2. The molecule has 0 spiro atoms. The number of methoxy groups -OCH3 is 1. The lowest BCUT2D eigenvalue weighted by atomic mass is 9.94. The second-order valence-corrected chi connectivity index (χ2v) is 8.04. The van der Waals surface area contributed by atoms with Crippen LogP contribution in [0, 0.1) is 22.9 Å². The maximum absolute atomic E-state index is 14.3. The van der Waals surface area contributed by atoms with E-state index in [1.807, 2.05) is 0 Å². The van der Waals surface area contributed by atoms with E-state index in [1.54, 1.807) is 32.0 Å². The molecule has 0 aromatic heterocycles. The first kappa shape index (κ1) is 24.6. The van der Waals surface area contributed by atoms with Gasteiger partial charge in [-0.05, 0) is 55.4 Å². The number of nitrogens with one attached hydrogen (secondary N) is 1. The highest BCUT2D eigenvalue weighted by Gasteiger charge is 2.36. The van der Waals surface area contributed by atoms with E-state index >= 15 is 0 Å². The number of carbonyl (C=O) groups excluding carboxylic acids is 1. The van der Waals surface area contributed by atoms with E-state index in [0.29, 0.717) is 22.5 Å². The number of benzene rings is 2. The van der Waals surface area contributed by atoms with Crippen LogP contribution in [0.2, 0.25) is 5.02 Å². The second-order valence-electron chi connectivity index (χ2n) is 7.25. The van der Waals surface area contributed by atoms with Crippen molar-refractivity contribution in [3.05, 3.63) is 79.7 Å². The molecule has 0 bridgehead atoms. The third kappa shape index (κ3) is 5.13. The Bertz CT molecular complexity index is 1160. The zero-order valence-corrected chi connectivity index (χ0v) is 19.6. The van der Waals surface area contributed by atoms with Crippen LogP contribution in [0.5, 0.6) is 0 Å². The van der Waals surface area contributed by atoms with E-state index in [0.717, 1.165) is 0 Å². The molecule has 11 heteroatoms. The van der Waals surface area contributed by atoms with E-state index in [4.69, 9.17) is 33.3 Å². The summed E-state index contributed by atoms with van der Waals surface area (Å²) >= 11 is 11.5. The van der Waals surface area contributed by atoms with Crippen LogP contribution in [0.3, 0.4) is 0 Å². The molecule has 1 heterocycles. The predicted octanol–water partition coefficient (Wildman–Crippen LogP) is 4.60. The van der Waals surface area contributed by atoms with Gasteiger partial charge in [0.2, 0.25) is 0 Å². The van der Waals surface area contributed by atoms with Crippen molar-refractivity contribution in [2.24, 2.45) is 0 Å². The number of aryl methyl sites for hydroxylation is 1. The maximum atomic E-state index is 14.3. The van der Waals surface area contributed by atoms with Crippen LogP contribution < -0.4 is 10.2 Å². The van der Waals surface area contributed by atoms with E-state index < -0.39 is 22.8 Å². The smallest absolute Gasteiger partial charge is 0.338 e. The van der Waals surface area contributed by atoms with Crippen LogP contribution in [0.15, 0.2) is 47.7 Å². The lowest BCUT2D eigenvalue weighted by Crippen LogP contribution is -2.48. The number of hydrogen-bond acceptors (Lipinski definition) is 6. The van der Waals surface area contributed by atoms with Crippen LogP contribution in [0.1, 0.15) is 24.1 Å². The number of allylic oxidation sites excluding steroid dienone is 1. The van der Waals surface area contributed by atoms with Gasteiger partial charge in [-0.3, -0.25) is 15.0 Å². The van der Waals surface area contributed by atoms with Crippen LogP contribution in [-0.2, 0) is 14.3 Å². The number of halogens is 2. The van der Waals surface area contributed by atoms with Gasteiger partial charge in [-0.25, -0.2) is 9.18 Å². The lowest BCUT2D eigenvalue weighted by molar-refractivity contribution is -0.384. The fourth-order valence-electron chi connectivity index (χ4n) is 3.43. The minimum atomic E-state index is -0.852. The zero-order valence-electron chi connectivity index (χ0n) is 18.1. The molecule has 2 aromatic rings. The number of nitro benzene ring substituents is 1. The molecule has 1 aliphatic heterocycles. The fourth-order valence-corrected chi connectivity index (χ4v) is 3.98. The van der Waals surface area contributed by atoms with Gasteiger partial charge in [-0.15, -0.1) is 0 Å². The summed E-state index contributed by atoms with van der Waals surface area (Å²) in [4.78, 5) is 25.4. The molecule has 1 aliphatic rings. The first-order valence-corrected chi connectivity index (χ1v) is 10.6. The largest absolute Gasteiger partial charge is 0.460 e. The number of esters is 1. The molecular formula is C22H21ClFN3O5S. The van der Waals surface area contributed by atoms with Gasteiger partial charge in [-0.2, -0.15) is 0 Å². The van der Waals surface area contributed by atoms with Gasteiger partial charge in [0, 0.05) is 18.9 Å². The molecule has 8 nitrogen and oxygen atoms in total. The molecule has 0 radical (unpaired) electrons. The molecule has 0 aliphatic carbocycles. The molecule has 1 N–H and O–H groups in total. The second kappa shape index (κ2) is 10.2. The average Bonchev–Trinajstić information content (AvgIpc) is 2.76. The third-order valence-corrected chi connectivity index (χ3v) is 5.76. The van der Waals surface area contributed by atoms with Crippen molar-refractivity contribution in [2.45, 2.75) is 19.9 Å². The summed E-state index contributed by atoms with van der Waals surface area (Å²) < 4.78 is 24.5. The van der Waals surface area contributed by atoms with Crippen molar-refractivity contribution in [1.29, 1.82) is 0 Å². The predicted molar refractivity (Wildman–Crippen MR) is 126 cm³/mol. The Labute approximate surface area is 200 Å². The average molecular weight is 494 g/mol. The van der Waals surface area contributed by atoms with Gasteiger partial charge in [0.25, 0.3) is 5.69 Å². The van der Waals surface area contributed by atoms with E-state index in [9.17, 15) is 19.3 Å². The highest BCUT2D eigenvalue weighted by atomic mass is 35.5. The van der Waals surface area contributed by atoms with Crippen LogP contribution >= 0.6 is 23.8 Å². The lowest BCUT2D eigenvalue weighted by Gasteiger charge is -2.37. The first-order valence-electron chi connectivity index (χ1n) is 9.83. The minimum absolute atomic E-state index is 0.00318. The summed E-state index contributed by atoms with van der Waals surface area (Å²) in [6.45, 7) is 3.48. The van der Waals surface area contributed by atoms with Gasteiger partial charge in [0.15, 0.2) is 5.11 Å². The summed E-state index contributed by atoms with van der Waals surface area (Å²) in [5.74, 6) is -1.09. The molecule has 174 valence electrons. The van der Waals surface area contributed by atoms with Gasteiger partial charge in [0.05, 0.1) is 28.8 Å². The Morgan fingerprint density at radius 2 is 2.00 bits per heavy atom. The first-order chi connectivity index (χ1) is 15.6. The van der Waals surface area contributed by atoms with Gasteiger partial charge >= 0.3 is 5.97 Å². The van der Waals surface area contributed by atoms with Crippen LogP contribution in [0.25, 0.3) is 0 Å². The Kier molecular flexibility index (Phi) is 7.62. The zero-order chi connectivity index (χ0) is 24.3. The van der Waals surface area contributed by atoms with Gasteiger partial charge in [0.1, 0.15) is 17.4 Å². The maximum Gasteiger partial charge on any atom is 0.338 e. The molecular weight excluding hydrogens is 473 g/mol. The van der Waals surface area contributed by atoms with E-state index in [2.05, 4.69) is 5.32 Å². The van der Waals surface area contributed by atoms with E-state index in [1.165, 1.54) is 30.2 Å². The monoisotopic (exact) mass is 493 g/mol. The number of rotatable bonds is 7. The van der Waals surface area contributed by atoms with Gasteiger partial charge in [-0.1, -0.05) is 23.7 Å². The number of hydrogen-bond donors (Lipinski definition) is 1. The summed E-state index contributed by atoms with van der Waals surface area (Å²) in [5.41, 5.74) is 1.51. The molecule has 33 heavy (non-hydrogen) atoms. The van der Waals surface area contributed by atoms with Crippen LogP contribution in [0.4, 0.5) is 15.8 Å². The number of carbonyl (C=O) groups is 1. The summed E-state index contributed by atoms with van der Waals surface area (Å²) in [5, 5.41) is 14.6. The van der Waals surface area contributed by atoms with Crippen molar-refractivity contribution in [2.75, 3.05) is 25.2 Å². The number of thiocarbonyl (C=S) groups is 1. The Morgan fingerprint density at radius 3 is 2.64 bits per heavy atom. The molecule has 0 fully saturated rings. The summed E-state index contributed by atoms with van der Waals surface area (Å²) in [7, 11) is 1.47. The molecule has 1 atom stereocenters. The van der Waals surface area contributed by atoms with Crippen molar-refractivity contribution < 1.29 is 23.6 Å². The SMILES string of the molecule is COCCOC(=O)C1=C(C)N(c2ccc(C)c(F)c2)C(=S)NC1c1ccc(Cl)c([N+](=O)[O-])c1. The Morgan fingerprint density at radius 1 is 1.27 bits per heavy atom. The highest BCUT2D eigenvalue weighted by molar-refractivity contribution is 7.80. The molecule has 2 aromatic carbocycles. The molecule has 0 saturated heterocycles. The third-order valence-electron chi connectivity index (χ3n) is 5.14. The van der Waals surface area contributed by atoms with Crippen molar-refractivity contribution in [3.8, 4) is 0 Å². The Hall–Kier alpha value is -3.08. The van der Waals surface area contributed by atoms with Crippen molar-refractivity contribution >= 4 is 46.3 Å². The van der Waals surface area contributed by atoms with Crippen molar-refractivity contribution in [3.63, 3.8) is 0 Å². The van der Waals surface area contributed by atoms with E-state index in [-0.39, 0.29) is 34.6 Å². The minimum Gasteiger partial charge on any atom is -0.460 e. The molecule has 1 unspecified atom stereocenters. The fraction of sp³-hybridized carbons (Fsp3) is 0.273. The number of nitro groups is 1. The summed E-state index contributed by atoms with van der Waals surface area (Å²) in [6, 6.07) is 7.96. The Balaban J connectivity index is 2.13. The topological polar surface area (TPSA) is 93.9 Å². The molecule has 0 saturated carbocycles. The number of anilines is 1. The molecule has 0 amide bonds. The normalized spacial score (nSPS) is 16.0. The standard InChI is InChI=1S/C22H21ClFN3O5S/c1-12-4-6-15(11-17(12)24)26-13(2)19(21(28)32-9-8-31-3)20(25-22(26)33)14-5-7-16(23)18(10-14)27(29)30/h4-7,10-11,20H,8-9H2,1-3H3,(H,25,33). The van der Waals surface area contributed by atoms with Crippen LogP contribution in [-0.4, -0.2) is 36.3 Å². The van der Waals surface area contributed by atoms with Gasteiger partial charge < -0.3 is 14.8 Å². The highest BCUT2D eigenvalue weighted by Crippen LogP contribution is 2.37. The summed E-state index contributed by atoms with van der Waals surface area (Å²) in [6.07, 6.45) is 0. The molecule has 3 rings (SSSR count). The number of nitrogens with zero attached hydrogens (tertiary/aromatic N) is 2.